The van der Waals surface area contributed by atoms with E-state index in [4.69, 9.17) is 11.6 Å². The predicted molar refractivity (Wildman–Crippen MR) is 171 cm³/mol. The van der Waals surface area contributed by atoms with Gasteiger partial charge >= 0.3 is 11.9 Å². The van der Waals surface area contributed by atoms with Gasteiger partial charge in [-0.25, -0.2) is 13.6 Å². The Labute approximate surface area is 276 Å². The molecule has 0 radical (unpaired) electrons. The lowest BCUT2D eigenvalue weighted by atomic mass is 9.95. The number of rotatable bonds is 6. The molecule has 1 aliphatic carbocycles. The minimum atomic E-state index is -4.95. The molecule has 0 spiro atoms. The average Bonchev–Trinajstić information content (AvgIpc) is 3.90. The molecule has 2 saturated heterocycles. The number of aromatic nitrogens is 2. The van der Waals surface area contributed by atoms with Crippen molar-refractivity contribution in [2.75, 3.05) is 69.6 Å². The maximum absolute atomic E-state index is 15.4. The summed E-state index contributed by atoms with van der Waals surface area (Å²) in [5.41, 5.74) is -2.53. The van der Waals surface area contributed by atoms with Crippen LogP contribution >= 0.6 is 23.4 Å². The molecule has 1 atom stereocenters. The van der Waals surface area contributed by atoms with E-state index >= 15 is 4.39 Å². The number of hydrogen-bond donors (Lipinski definition) is 0. The van der Waals surface area contributed by atoms with E-state index in [0.717, 1.165) is 50.1 Å². The number of nitrogens with zero attached hydrogens (tertiary/aromatic N) is 6. The van der Waals surface area contributed by atoms with E-state index in [2.05, 4.69) is 21.4 Å². The van der Waals surface area contributed by atoms with Crippen molar-refractivity contribution in [2.45, 2.75) is 36.0 Å². The normalized spacial score (nSPS) is 21.0. The Bertz CT molecular complexity index is 1820. The van der Waals surface area contributed by atoms with Crippen LogP contribution < -0.4 is 10.6 Å². The Morgan fingerprint density at radius 2 is 1.72 bits per heavy atom. The SMILES string of the molecule is C=CC(=O)N1CCN(c2nc(=O)n3c4c(c(-c5cc(Cl)c(F)cc5F)c(C(F)(F)F)cc24)SC[C@@H]3CN2CCN(C3CC3)CC2)CC1. The number of piperazine rings is 2. The Hall–Kier alpha value is -3.20. The highest BCUT2D eigenvalue weighted by Crippen LogP contribution is 2.50. The molecule has 1 aromatic heterocycles. The summed E-state index contributed by atoms with van der Waals surface area (Å²) >= 11 is 7.10. The predicted octanol–water partition coefficient (Wildman–Crippen LogP) is 5.28. The van der Waals surface area contributed by atoms with Crippen LogP contribution in [0.2, 0.25) is 5.02 Å². The minimum absolute atomic E-state index is 0.0624. The third kappa shape index (κ3) is 6.02. The van der Waals surface area contributed by atoms with Crippen LogP contribution in [0.25, 0.3) is 22.0 Å². The van der Waals surface area contributed by atoms with E-state index < -0.39 is 51.3 Å². The first-order chi connectivity index (χ1) is 22.4. The first-order valence-electron chi connectivity index (χ1n) is 15.6. The van der Waals surface area contributed by atoms with Crippen LogP contribution in [0.3, 0.4) is 0 Å². The molecule has 47 heavy (non-hydrogen) atoms. The number of carbonyl (C=O) groups is 1. The fourth-order valence-corrected chi connectivity index (χ4v) is 8.47. The lowest BCUT2D eigenvalue weighted by Gasteiger charge is -2.39. The van der Waals surface area contributed by atoms with Crippen molar-refractivity contribution >= 4 is 46.0 Å². The quantitative estimate of drug-likeness (QED) is 0.198. The van der Waals surface area contributed by atoms with Gasteiger partial charge < -0.3 is 9.80 Å². The van der Waals surface area contributed by atoms with Crippen molar-refractivity contribution < 1.29 is 26.7 Å². The molecule has 250 valence electrons. The van der Waals surface area contributed by atoms with E-state index in [0.29, 0.717) is 18.7 Å². The molecule has 0 bridgehead atoms. The zero-order chi connectivity index (χ0) is 33.2. The summed E-state index contributed by atoms with van der Waals surface area (Å²) in [5, 5.41) is -0.422. The molecule has 1 amide bonds. The van der Waals surface area contributed by atoms with Gasteiger partial charge in [-0.1, -0.05) is 18.2 Å². The van der Waals surface area contributed by atoms with E-state index in [1.807, 2.05) is 0 Å². The number of benzene rings is 2. The van der Waals surface area contributed by atoms with Gasteiger partial charge in [0.15, 0.2) is 0 Å². The van der Waals surface area contributed by atoms with Crippen molar-refractivity contribution in [1.29, 1.82) is 0 Å². The van der Waals surface area contributed by atoms with Crippen molar-refractivity contribution in [3.05, 3.63) is 63.6 Å². The molecule has 0 unspecified atom stereocenters. The Balaban J connectivity index is 1.39. The standard InChI is InChI=1S/C32H32ClF5N6O2S/c1-2-26(45)42-9-11-43(12-10-42)30-21-13-22(32(36,37)38)27(20-14-23(33)25(35)15-24(20)34)29-28(21)44(31(46)39-30)19(17-47-29)16-40-5-7-41(8-6-40)18-3-4-18/h2,13-15,18-19H,1,3-12,16-17H2/t19-/m0/s1. The summed E-state index contributed by atoms with van der Waals surface area (Å²) in [6.45, 7) is 8.42. The van der Waals surface area contributed by atoms with Gasteiger partial charge in [0.2, 0.25) is 5.91 Å². The monoisotopic (exact) mass is 694 g/mol. The molecule has 0 N–H and O–H groups in total. The van der Waals surface area contributed by atoms with Gasteiger partial charge in [0.1, 0.15) is 17.5 Å². The lowest BCUT2D eigenvalue weighted by Crippen LogP contribution is -2.50. The summed E-state index contributed by atoms with van der Waals surface area (Å²) in [4.78, 5) is 38.6. The largest absolute Gasteiger partial charge is 0.417 e. The zero-order valence-electron chi connectivity index (χ0n) is 25.3. The number of anilines is 1. The molecule has 2 aromatic carbocycles. The fraction of sp³-hybridized carbons (Fsp3) is 0.469. The number of carbonyl (C=O) groups excluding carboxylic acids is 1. The van der Waals surface area contributed by atoms with Gasteiger partial charge in [0.25, 0.3) is 0 Å². The smallest absolute Gasteiger partial charge is 0.352 e. The number of thioether (sulfide) groups is 1. The van der Waals surface area contributed by atoms with Crippen LogP contribution in [0.15, 0.2) is 40.5 Å². The molecule has 3 aromatic rings. The van der Waals surface area contributed by atoms with Crippen molar-refractivity contribution in [1.82, 2.24) is 24.3 Å². The second-order valence-electron chi connectivity index (χ2n) is 12.4. The molecule has 8 nitrogen and oxygen atoms in total. The summed E-state index contributed by atoms with van der Waals surface area (Å²) in [7, 11) is 0. The first-order valence-corrected chi connectivity index (χ1v) is 16.9. The molecule has 15 heteroatoms. The van der Waals surface area contributed by atoms with Gasteiger partial charge in [-0.2, -0.15) is 18.2 Å². The molecule has 7 rings (SSSR count). The summed E-state index contributed by atoms with van der Waals surface area (Å²) in [6, 6.07) is 2.49. The third-order valence-electron chi connectivity index (χ3n) is 9.52. The highest BCUT2D eigenvalue weighted by Gasteiger charge is 2.41. The van der Waals surface area contributed by atoms with Crippen LogP contribution in [0, 0.1) is 11.6 Å². The zero-order valence-corrected chi connectivity index (χ0v) is 26.9. The molecule has 4 heterocycles. The number of alkyl halides is 3. The summed E-state index contributed by atoms with van der Waals surface area (Å²) < 4.78 is 75.7. The van der Waals surface area contributed by atoms with E-state index in [-0.39, 0.29) is 59.5 Å². The third-order valence-corrected chi connectivity index (χ3v) is 11.0. The fourth-order valence-electron chi connectivity index (χ4n) is 6.99. The molecule has 3 aliphatic heterocycles. The maximum atomic E-state index is 15.4. The van der Waals surface area contributed by atoms with Crippen molar-refractivity contribution in [3.8, 4) is 11.1 Å². The maximum Gasteiger partial charge on any atom is 0.417 e. The summed E-state index contributed by atoms with van der Waals surface area (Å²) in [6.07, 6.45) is -1.32. The number of amides is 1. The van der Waals surface area contributed by atoms with Gasteiger partial charge in [-0.3, -0.25) is 19.2 Å². The van der Waals surface area contributed by atoms with Crippen molar-refractivity contribution in [3.63, 3.8) is 0 Å². The number of halogens is 6. The molecular weight excluding hydrogens is 663 g/mol. The van der Waals surface area contributed by atoms with E-state index in [1.165, 1.54) is 23.5 Å². The minimum Gasteiger partial charge on any atom is -0.352 e. The average molecular weight is 695 g/mol. The van der Waals surface area contributed by atoms with Crippen LogP contribution in [-0.4, -0.2) is 101 Å². The van der Waals surface area contributed by atoms with Gasteiger partial charge in [0, 0.05) is 98.2 Å². The van der Waals surface area contributed by atoms with Crippen molar-refractivity contribution in [2.24, 2.45) is 0 Å². The van der Waals surface area contributed by atoms with Crippen LogP contribution in [-0.2, 0) is 11.0 Å². The molecule has 1 saturated carbocycles. The van der Waals surface area contributed by atoms with E-state index in [1.54, 1.807) is 9.80 Å². The van der Waals surface area contributed by atoms with Crippen LogP contribution in [0.5, 0.6) is 0 Å². The highest BCUT2D eigenvalue weighted by atomic mass is 35.5. The molecule has 4 aliphatic rings. The topological polar surface area (TPSA) is 64.9 Å². The summed E-state index contributed by atoms with van der Waals surface area (Å²) in [5.74, 6) is -2.24. The Kier molecular flexibility index (Phi) is 8.50. The van der Waals surface area contributed by atoms with Gasteiger partial charge in [0.05, 0.1) is 22.1 Å². The second kappa shape index (κ2) is 12.4. The van der Waals surface area contributed by atoms with E-state index in [9.17, 15) is 27.2 Å². The van der Waals surface area contributed by atoms with Gasteiger partial charge in [-0.05, 0) is 31.1 Å². The molecule has 3 fully saturated rings. The first kappa shape index (κ1) is 32.4. The highest BCUT2D eigenvalue weighted by molar-refractivity contribution is 7.99. The second-order valence-corrected chi connectivity index (χ2v) is 13.8. The molecular formula is C32H32ClF5N6O2S. The lowest BCUT2D eigenvalue weighted by molar-refractivity contribution is -0.137. The number of hydrogen-bond acceptors (Lipinski definition) is 7. The van der Waals surface area contributed by atoms with Gasteiger partial charge in [-0.15, -0.1) is 11.8 Å². The Morgan fingerprint density at radius 3 is 2.36 bits per heavy atom. The van der Waals surface area contributed by atoms with Crippen LogP contribution in [0.4, 0.5) is 27.8 Å². The van der Waals surface area contributed by atoms with Crippen LogP contribution in [0.1, 0.15) is 24.4 Å². The Morgan fingerprint density at radius 1 is 1.02 bits per heavy atom.